The maximum atomic E-state index is 9.44. The molecule has 2 aromatic carbocycles. The Labute approximate surface area is 158 Å². The van der Waals surface area contributed by atoms with Crippen molar-refractivity contribution in [3.8, 4) is 23.8 Å². The van der Waals surface area contributed by atoms with E-state index in [-0.39, 0.29) is 11.2 Å². The average Bonchev–Trinajstić information content (AvgIpc) is 2.67. The fourth-order valence-corrected chi connectivity index (χ4v) is 2.49. The SMILES string of the molecule is C#CCOCCCOc1ccc(C(C)(C)c2ccc(O)cc2)cc1.CC. The van der Waals surface area contributed by atoms with Gasteiger partial charge in [-0.15, -0.1) is 6.42 Å². The van der Waals surface area contributed by atoms with Gasteiger partial charge < -0.3 is 14.6 Å². The van der Waals surface area contributed by atoms with Crippen LogP contribution in [0.3, 0.4) is 0 Å². The first kappa shape index (κ1) is 21.6. The van der Waals surface area contributed by atoms with E-state index in [4.69, 9.17) is 15.9 Å². The number of phenolic OH excluding ortho intramolecular Hbond substituents is 1. The number of rotatable bonds is 8. The van der Waals surface area contributed by atoms with Gasteiger partial charge in [-0.2, -0.15) is 0 Å². The van der Waals surface area contributed by atoms with Gasteiger partial charge in [0.1, 0.15) is 18.1 Å². The standard InChI is InChI=1S/C21H24O3.C2H6/c1-4-14-23-15-5-16-24-20-12-8-18(9-13-20)21(2,3)17-6-10-19(22)11-7-17;1-2/h1,6-13,22H,5,14-16H2,2-3H3;1-2H3. The number of hydrogen-bond donors (Lipinski definition) is 1. The van der Waals surface area contributed by atoms with Crippen LogP contribution in [0.4, 0.5) is 0 Å². The minimum Gasteiger partial charge on any atom is -0.508 e. The predicted molar refractivity (Wildman–Crippen MR) is 108 cm³/mol. The van der Waals surface area contributed by atoms with Crippen LogP contribution >= 0.6 is 0 Å². The molecule has 0 aliphatic rings. The topological polar surface area (TPSA) is 38.7 Å². The fourth-order valence-electron chi connectivity index (χ4n) is 2.49. The van der Waals surface area contributed by atoms with Gasteiger partial charge in [0.25, 0.3) is 0 Å². The van der Waals surface area contributed by atoms with Crippen LogP contribution in [0.1, 0.15) is 45.2 Å². The van der Waals surface area contributed by atoms with Crippen LogP contribution in [-0.2, 0) is 10.2 Å². The van der Waals surface area contributed by atoms with Crippen molar-refractivity contribution in [2.75, 3.05) is 19.8 Å². The molecule has 0 aliphatic carbocycles. The lowest BCUT2D eigenvalue weighted by molar-refractivity contribution is 0.147. The zero-order valence-corrected chi connectivity index (χ0v) is 16.3. The van der Waals surface area contributed by atoms with Crippen LogP contribution in [0.2, 0.25) is 0 Å². The van der Waals surface area contributed by atoms with Crippen molar-refractivity contribution in [1.29, 1.82) is 0 Å². The molecule has 0 saturated heterocycles. The van der Waals surface area contributed by atoms with Crippen molar-refractivity contribution in [2.24, 2.45) is 0 Å². The third-order valence-electron chi connectivity index (χ3n) is 4.05. The van der Waals surface area contributed by atoms with Crippen LogP contribution in [0.15, 0.2) is 48.5 Å². The predicted octanol–water partition coefficient (Wildman–Crippen LogP) is 5.16. The summed E-state index contributed by atoms with van der Waals surface area (Å²) in [6.45, 7) is 9.89. The van der Waals surface area contributed by atoms with Crippen LogP contribution in [0.5, 0.6) is 11.5 Å². The molecule has 2 rings (SSSR count). The Balaban J connectivity index is 0.00000163. The summed E-state index contributed by atoms with van der Waals surface area (Å²) in [4.78, 5) is 0. The van der Waals surface area contributed by atoms with Gasteiger partial charge in [-0.1, -0.05) is 57.9 Å². The molecule has 3 nitrogen and oxygen atoms in total. The summed E-state index contributed by atoms with van der Waals surface area (Å²) in [5.41, 5.74) is 2.20. The minimum absolute atomic E-state index is 0.144. The van der Waals surface area contributed by atoms with E-state index in [2.05, 4.69) is 31.9 Å². The van der Waals surface area contributed by atoms with Gasteiger partial charge in [0.2, 0.25) is 0 Å². The Morgan fingerprint density at radius 3 is 2.00 bits per heavy atom. The molecule has 0 amide bonds. The zero-order chi connectivity index (χ0) is 19.4. The van der Waals surface area contributed by atoms with E-state index in [0.29, 0.717) is 19.8 Å². The summed E-state index contributed by atoms with van der Waals surface area (Å²) in [6, 6.07) is 15.5. The Bertz CT molecular complexity index is 664. The Kier molecular flexibility index (Phi) is 9.33. The third-order valence-corrected chi connectivity index (χ3v) is 4.05. The number of benzene rings is 2. The van der Waals surface area contributed by atoms with Crippen molar-refractivity contribution in [3.05, 3.63) is 59.7 Å². The van der Waals surface area contributed by atoms with Gasteiger partial charge in [0.05, 0.1) is 13.2 Å². The van der Waals surface area contributed by atoms with E-state index in [0.717, 1.165) is 17.7 Å². The second kappa shape index (κ2) is 11.2. The molecule has 140 valence electrons. The van der Waals surface area contributed by atoms with E-state index in [1.54, 1.807) is 12.1 Å². The highest BCUT2D eigenvalue weighted by molar-refractivity contribution is 5.41. The number of terminal acetylenes is 1. The lowest BCUT2D eigenvalue weighted by atomic mass is 9.78. The lowest BCUT2D eigenvalue weighted by Crippen LogP contribution is -2.18. The average molecular weight is 354 g/mol. The maximum Gasteiger partial charge on any atom is 0.119 e. The second-order valence-corrected chi connectivity index (χ2v) is 6.15. The van der Waals surface area contributed by atoms with Gasteiger partial charge in [-0.3, -0.25) is 0 Å². The number of ether oxygens (including phenoxy) is 2. The number of aromatic hydroxyl groups is 1. The molecule has 0 heterocycles. The monoisotopic (exact) mass is 354 g/mol. The Morgan fingerprint density at radius 2 is 1.46 bits per heavy atom. The van der Waals surface area contributed by atoms with Crippen molar-refractivity contribution >= 4 is 0 Å². The quantitative estimate of drug-likeness (QED) is 0.525. The summed E-state index contributed by atoms with van der Waals surface area (Å²) < 4.78 is 10.9. The highest BCUT2D eigenvalue weighted by Gasteiger charge is 2.22. The van der Waals surface area contributed by atoms with Gasteiger partial charge in [0, 0.05) is 11.8 Å². The lowest BCUT2D eigenvalue weighted by Gasteiger charge is -2.26. The van der Waals surface area contributed by atoms with Crippen LogP contribution in [0, 0.1) is 12.3 Å². The van der Waals surface area contributed by atoms with E-state index in [1.807, 2.05) is 38.1 Å². The highest BCUT2D eigenvalue weighted by atomic mass is 16.5. The Hall–Kier alpha value is -2.44. The summed E-state index contributed by atoms with van der Waals surface area (Å²) in [5, 5.41) is 9.44. The number of phenols is 1. The van der Waals surface area contributed by atoms with E-state index in [9.17, 15) is 5.11 Å². The molecule has 2 aromatic rings. The maximum absolute atomic E-state index is 9.44. The molecule has 0 spiro atoms. The molecule has 0 atom stereocenters. The van der Waals surface area contributed by atoms with Crippen molar-refractivity contribution in [1.82, 2.24) is 0 Å². The van der Waals surface area contributed by atoms with Gasteiger partial charge in [0.15, 0.2) is 0 Å². The zero-order valence-electron chi connectivity index (χ0n) is 16.3. The number of hydrogen-bond acceptors (Lipinski definition) is 3. The fraction of sp³-hybridized carbons (Fsp3) is 0.391. The molecule has 0 aliphatic heterocycles. The normalized spacial score (nSPS) is 10.4. The molecule has 1 N–H and O–H groups in total. The van der Waals surface area contributed by atoms with Crippen molar-refractivity contribution in [3.63, 3.8) is 0 Å². The van der Waals surface area contributed by atoms with Crippen LogP contribution in [0.25, 0.3) is 0 Å². The first-order valence-electron chi connectivity index (χ1n) is 9.08. The minimum atomic E-state index is -0.144. The molecule has 0 radical (unpaired) electrons. The first-order chi connectivity index (χ1) is 12.5. The summed E-state index contributed by atoms with van der Waals surface area (Å²) in [6.07, 6.45) is 5.92. The molecule has 26 heavy (non-hydrogen) atoms. The highest BCUT2D eigenvalue weighted by Crippen LogP contribution is 2.33. The van der Waals surface area contributed by atoms with Crippen molar-refractivity contribution in [2.45, 2.75) is 39.5 Å². The molecular formula is C23H30O3. The van der Waals surface area contributed by atoms with Crippen LogP contribution in [-0.4, -0.2) is 24.9 Å². The molecule has 0 aromatic heterocycles. The van der Waals surface area contributed by atoms with E-state index in [1.165, 1.54) is 5.56 Å². The second-order valence-electron chi connectivity index (χ2n) is 6.15. The molecule has 0 unspecified atom stereocenters. The summed E-state index contributed by atoms with van der Waals surface area (Å²) in [5.74, 6) is 3.56. The molecule has 0 saturated carbocycles. The van der Waals surface area contributed by atoms with E-state index < -0.39 is 0 Å². The van der Waals surface area contributed by atoms with Gasteiger partial charge in [-0.05, 0) is 35.4 Å². The largest absolute Gasteiger partial charge is 0.508 e. The molecular weight excluding hydrogens is 324 g/mol. The molecule has 3 heteroatoms. The summed E-state index contributed by atoms with van der Waals surface area (Å²) in [7, 11) is 0. The van der Waals surface area contributed by atoms with E-state index >= 15 is 0 Å². The first-order valence-corrected chi connectivity index (χ1v) is 9.08. The summed E-state index contributed by atoms with van der Waals surface area (Å²) >= 11 is 0. The van der Waals surface area contributed by atoms with Crippen LogP contribution < -0.4 is 4.74 Å². The van der Waals surface area contributed by atoms with Gasteiger partial charge >= 0.3 is 0 Å². The Morgan fingerprint density at radius 1 is 0.923 bits per heavy atom. The van der Waals surface area contributed by atoms with Crippen molar-refractivity contribution < 1.29 is 14.6 Å². The molecule has 0 bridgehead atoms. The third kappa shape index (κ3) is 6.46. The smallest absolute Gasteiger partial charge is 0.119 e. The van der Waals surface area contributed by atoms with Gasteiger partial charge in [-0.25, -0.2) is 0 Å². The molecule has 0 fully saturated rings.